The Labute approximate surface area is 130 Å². The second-order valence-corrected chi connectivity index (χ2v) is 7.39. The number of nitrogens with one attached hydrogen (secondary N) is 1. The number of halogens is 1. The third-order valence-corrected chi connectivity index (χ3v) is 5.54. The standard InChI is InChI=1S/C15H19ClN2O2S/c1-4-10(2)11(3)18-21(19,20)13-6-7-14-12(9-13)5-8-15(16)17-14/h5-11,18H,4H2,1-3H3. The van der Waals surface area contributed by atoms with E-state index in [0.717, 1.165) is 11.8 Å². The van der Waals surface area contributed by atoms with Crippen LogP contribution in [0.4, 0.5) is 0 Å². The van der Waals surface area contributed by atoms with Crippen LogP contribution in [0.2, 0.25) is 5.15 Å². The maximum atomic E-state index is 12.4. The predicted molar refractivity (Wildman–Crippen MR) is 86.0 cm³/mol. The summed E-state index contributed by atoms with van der Waals surface area (Å²) in [7, 11) is -3.53. The number of rotatable bonds is 5. The van der Waals surface area contributed by atoms with Crippen molar-refractivity contribution in [1.82, 2.24) is 9.71 Å². The smallest absolute Gasteiger partial charge is 0.236 e. The Hall–Kier alpha value is -1.17. The Morgan fingerprint density at radius 1 is 1.24 bits per heavy atom. The molecule has 0 amide bonds. The maximum absolute atomic E-state index is 12.4. The highest BCUT2D eigenvalue weighted by atomic mass is 35.5. The molecule has 114 valence electrons. The van der Waals surface area contributed by atoms with Gasteiger partial charge >= 0.3 is 0 Å². The predicted octanol–water partition coefficient (Wildman–Crippen LogP) is 3.60. The van der Waals surface area contributed by atoms with E-state index < -0.39 is 10.0 Å². The molecule has 1 heterocycles. The van der Waals surface area contributed by atoms with E-state index in [2.05, 4.69) is 9.71 Å². The first-order valence-corrected chi connectivity index (χ1v) is 8.78. The zero-order chi connectivity index (χ0) is 15.6. The molecule has 0 spiro atoms. The number of fused-ring (bicyclic) bond motifs is 1. The molecule has 2 rings (SSSR count). The minimum Gasteiger partial charge on any atom is -0.236 e. The van der Waals surface area contributed by atoms with Crippen LogP contribution in [0.5, 0.6) is 0 Å². The number of pyridine rings is 1. The molecule has 0 radical (unpaired) electrons. The molecule has 2 atom stereocenters. The molecule has 0 saturated heterocycles. The van der Waals surface area contributed by atoms with Gasteiger partial charge in [0.15, 0.2) is 0 Å². The van der Waals surface area contributed by atoms with Gasteiger partial charge in [0.05, 0.1) is 10.4 Å². The molecule has 0 bridgehead atoms. The Bertz CT molecular complexity index is 746. The number of hydrogen-bond donors (Lipinski definition) is 1. The SMILES string of the molecule is CCC(C)C(C)NS(=O)(=O)c1ccc2nc(Cl)ccc2c1. The molecular weight excluding hydrogens is 308 g/mol. The van der Waals surface area contributed by atoms with E-state index in [0.29, 0.717) is 10.7 Å². The van der Waals surface area contributed by atoms with Gasteiger partial charge in [-0.25, -0.2) is 18.1 Å². The second-order valence-electron chi connectivity index (χ2n) is 5.28. The van der Waals surface area contributed by atoms with Crippen molar-refractivity contribution in [3.05, 3.63) is 35.5 Å². The second kappa shape index (κ2) is 6.30. The molecule has 0 fully saturated rings. The van der Waals surface area contributed by atoms with Crippen LogP contribution in [0, 0.1) is 5.92 Å². The van der Waals surface area contributed by atoms with E-state index in [1.165, 1.54) is 0 Å². The van der Waals surface area contributed by atoms with Gasteiger partial charge < -0.3 is 0 Å². The van der Waals surface area contributed by atoms with Gasteiger partial charge in [-0.2, -0.15) is 0 Å². The van der Waals surface area contributed by atoms with E-state index in [9.17, 15) is 8.42 Å². The summed E-state index contributed by atoms with van der Waals surface area (Å²) >= 11 is 5.83. The van der Waals surface area contributed by atoms with Gasteiger partial charge in [0.1, 0.15) is 5.15 Å². The number of nitrogens with zero attached hydrogens (tertiary/aromatic N) is 1. The van der Waals surface area contributed by atoms with Crippen molar-refractivity contribution < 1.29 is 8.42 Å². The van der Waals surface area contributed by atoms with Crippen molar-refractivity contribution in [2.75, 3.05) is 0 Å². The van der Waals surface area contributed by atoms with Crippen LogP contribution in [0.1, 0.15) is 27.2 Å². The van der Waals surface area contributed by atoms with Gasteiger partial charge in [-0.15, -0.1) is 0 Å². The Morgan fingerprint density at radius 2 is 1.95 bits per heavy atom. The van der Waals surface area contributed by atoms with Gasteiger partial charge in [0.2, 0.25) is 10.0 Å². The van der Waals surface area contributed by atoms with Crippen LogP contribution in [-0.4, -0.2) is 19.4 Å². The lowest BCUT2D eigenvalue weighted by Crippen LogP contribution is -2.36. The molecule has 2 unspecified atom stereocenters. The summed E-state index contributed by atoms with van der Waals surface area (Å²) in [6.45, 7) is 5.95. The fourth-order valence-electron chi connectivity index (χ4n) is 2.03. The monoisotopic (exact) mass is 326 g/mol. The molecule has 4 nitrogen and oxygen atoms in total. The van der Waals surface area contributed by atoms with Gasteiger partial charge in [-0.05, 0) is 43.2 Å². The molecule has 0 aliphatic heterocycles. The summed E-state index contributed by atoms with van der Waals surface area (Å²) in [5.41, 5.74) is 0.677. The fourth-order valence-corrected chi connectivity index (χ4v) is 3.57. The van der Waals surface area contributed by atoms with Crippen LogP contribution in [0.25, 0.3) is 10.9 Å². The molecule has 6 heteroatoms. The first-order chi connectivity index (χ1) is 9.83. The average Bonchev–Trinajstić information content (AvgIpc) is 2.45. The first-order valence-electron chi connectivity index (χ1n) is 6.92. The normalized spacial score (nSPS) is 15.0. The van der Waals surface area contributed by atoms with E-state index >= 15 is 0 Å². The lowest BCUT2D eigenvalue weighted by Gasteiger charge is -2.19. The van der Waals surface area contributed by atoms with Crippen molar-refractivity contribution in [2.24, 2.45) is 5.92 Å². The maximum Gasteiger partial charge on any atom is 0.240 e. The van der Waals surface area contributed by atoms with Crippen molar-refractivity contribution >= 4 is 32.5 Å². The average molecular weight is 327 g/mol. The minimum absolute atomic E-state index is 0.112. The summed E-state index contributed by atoms with van der Waals surface area (Å²) in [5, 5.41) is 1.14. The van der Waals surface area contributed by atoms with Crippen LogP contribution in [-0.2, 0) is 10.0 Å². The van der Waals surface area contributed by atoms with Crippen molar-refractivity contribution in [3.63, 3.8) is 0 Å². The van der Waals surface area contributed by atoms with Crippen molar-refractivity contribution in [1.29, 1.82) is 0 Å². The zero-order valence-corrected chi connectivity index (χ0v) is 13.9. The number of sulfonamides is 1. The minimum atomic E-state index is -3.53. The summed E-state index contributed by atoms with van der Waals surface area (Å²) < 4.78 is 27.6. The van der Waals surface area contributed by atoms with E-state index in [-0.39, 0.29) is 16.9 Å². The van der Waals surface area contributed by atoms with Gasteiger partial charge in [0, 0.05) is 11.4 Å². The highest BCUT2D eigenvalue weighted by Gasteiger charge is 2.20. The molecule has 21 heavy (non-hydrogen) atoms. The largest absolute Gasteiger partial charge is 0.240 e. The van der Waals surface area contributed by atoms with Gasteiger partial charge in [0.25, 0.3) is 0 Å². The van der Waals surface area contributed by atoms with E-state index in [1.807, 2.05) is 20.8 Å². The number of hydrogen-bond acceptors (Lipinski definition) is 3. The highest BCUT2D eigenvalue weighted by molar-refractivity contribution is 7.89. The van der Waals surface area contributed by atoms with Gasteiger partial charge in [-0.1, -0.05) is 31.9 Å². The van der Waals surface area contributed by atoms with Crippen LogP contribution >= 0.6 is 11.6 Å². The summed E-state index contributed by atoms with van der Waals surface area (Å²) in [4.78, 5) is 4.40. The quantitative estimate of drug-likeness (QED) is 0.854. The van der Waals surface area contributed by atoms with Crippen molar-refractivity contribution in [3.8, 4) is 0 Å². The third kappa shape index (κ3) is 3.73. The molecule has 1 N–H and O–H groups in total. The highest BCUT2D eigenvalue weighted by Crippen LogP contribution is 2.20. The third-order valence-electron chi connectivity index (χ3n) is 3.78. The van der Waals surface area contributed by atoms with E-state index in [4.69, 9.17) is 11.6 Å². The topological polar surface area (TPSA) is 59.1 Å². The van der Waals surface area contributed by atoms with Crippen LogP contribution < -0.4 is 4.72 Å². The van der Waals surface area contributed by atoms with Crippen molar-refractivity contribution in [2.45, 2.75) is 38.1 Å². The van der Waals surface area contributed by atoms with Crippen LogP contribution in [0.3, 0.4) is 0 Å². The lowest BCUT2D eigenvalue weighted by atomic mass is 10.0. The van der Waals surface area contributed by atoms with Crippen LogP contribution in [0.15, 0.2) is 35.2 Å². The zero-order valence-electron chi connectivity index (χ0n) is 12.3. The molecular formula is C15H19ClN2O2S. The number of benzene rings is 1. The molecule has 1 aromatic heterocycles. The summed E-state index contributed by atoms with van der Waals surface area (Å²) in [6.07, 6.45) is 0.920. The summed E-state index contributed by atoms with van der Waals surface area (Å²) in [5.74, 6) is 0.278. The lowest BCUT2D eigenvalue weighted by molar-refractivity contribution is 0.434. The fraction of sp³-hybridized carbons (Fsp3) is 0.400. The molecule has 2 aromatic rings. The summed E-state index contributed by atoms with van der Waals surface area (Å²) in [6, 6.07) is 8.14. The van der Waals surface area contributed by atoms with Gasteiger partial charge in [-0.3, -0.25) is 0 Å². The number of aromatic nitrogens is 1. The van der Waals surface area contributed by atoms with E-state index in [1.54, 1.807) is 30.3 Å². The molecule has 0 aliphatic carbocycles. The Kier molecular flexibility index (Phi) is 4.86. The first kappa shape index (κ1) is 16.2. The Balaban J connectivity index is 2.34. The Morgan fingerprint density at radius 3 is 2.62 bits per heavy atom. The molecule has 0 saturated carbocycles. The molecule has 1 aromatic carbocycles. The molecule has 0 aliphatic rings.